The summed E-state index contributed by atoms with van der Waals surface area (Å²) in [5.41, 5.74) is 4.28. The molecule has 0 saturated heterocycles. The Bertz CT molecular complexity index is 1050. The first-order chi connectivity index (χ1) is 14.4. The number of nitrogens with zero attached hydrogens (tertiary/aromatic N) is 2. The molecule has 3 aromatic rings. The van der Waals surface area contributed by atoms with Gasteiger partial charge in [0.25, 0.3) is 0 Å². The Morgan fingerprint density at radius 1 is 1.13 bits per heavy atom. The van der Waals surface area contributed by atoms with Crippen LogP contribution in [-0.2, 0) is 4.79 Å². The second-order valence-electron chi connectivity index (χ2n) is 7.18. The van der Waals surface area contributed by atoms with Crippen LogP contribution in [0.5, 0.6) is 11.5 Å². The van der Waals surface area contributed by atoms with Crippen LogP contribution in [0.25, 0.3) is 11.8 Å². The number of methoxy groups -OCH3 is 1. The van der Waals surface area contributed by atoms with Crippen LogP contribution in [0.15, 0.2) is 54.6 Å². The summed E-state index contributed by atoms with van der Waals surface area (Å²) in [6, 6.07) is 15.2. The topological polar surface area (TPSA) is 65.4 Å². The van der Waals surface area contributed by atoms with Crippen molar-refractivity contribution in [2.45, 2.75) is 33.8 Å². The number of para-hydroxylation sites is 1. The van der Waals surface area contributed by atoms with E-state index in [0.29, 0.717) is 17.2 Å². The zero-order valence-corrected chi connectivity index (χ0v) is 18.0. The molecule has 0 spiro atoms. The number of nitrogens with one attached hydrogen (secondary N) is 1. The van der Waals surface area contributed by atoms with Crippen molar-refractivity contribution in [2.75, 3.05) is 12.4 Å². The van der Waals surface area contributed by atoms with E-state index in [1.807, 2.05) is 62.7 Å². The molecule has 0 radical (unpaired) electrons. The SMILES string of the molecule is COc1ccc(OC(C)C)c(NC(=O)C=Cc2c(C)nn(-c3ccccc3)c2C)c1. The van der Waals surface area contributed by atoms with Crippen LogP contribution >= 0.6 is 0 Å². The number of hydrogen-bond donors (Lipinski definition) is 1. The van der Waals surface area contributed by atoms with E-state index < -0.39 is 0 Å². The summed E-state index contributed by atoms with van der Waals surface area (Å²) in [4.78, 5) is 12.6. The number of amides is 1. The van der Waals surface area contributed by atoms with Crippen LogP contribution in [0.1, 0.15) is 30.8 Å². The van der Waals surface area contributed by atoms with Gasteiger partial charge in [0.15, 0.2) is 0 Å². The van der Waals surface area contributed by atoms with E-state index in [0.717, 1.165) is 22.6 Å². The predicted octanol–water partition coefficient (Wildman–Crippen LogP) is 4.94. The second-order valence-corrected chi connectivity index (χ2v) is 7.18. The molecule has 1 amide bonds. The van der Waals surface area contributed by atoms with Gasteiger partial charge in [0.1, 0.15) is 11.5 Å². The van der Waals surface area contributed by atoms with E-state index in [1.54, 1.807) is 31.4 Å². The molecule has 0 aliphatic heterocycles. The van der Waals surface area contributed by atoms with Crippen LogP contribution in [-0.4, -0.2) is 28.9 Å². The molecule has 1 aromatic heterocycles. The maximum absolute atomic E-state index is 12.6. The normalized spacial score (nSPS) is 11.1. The standard InChI is InChI=1S/C24H27N3O3/c1-16(2)30-23-13-11-20(29-5)15-22(23)25-24(28)14-12-21-17(3)26-27(18(21)4)19-9-7-6-8-10-19/h6-16H,1-5H3,(H,25,28). The minimum absolute atomic E-state index is 0.0151. The minimum atomic E-state index is -0.261. The molecular weight excluding hydrogens is 378 g/mol. The molecule has 156 valence electrons. The molecule has 1 heterocycles. The Hall–Kier alpha value is -3.54. The highest BCUT2D eigenvalue weighted by molar-refractivity contribution is 6.03. The molecule has 0 saturated carbocycles. The highest BCUT2D eigenvalue weighted by Crippen LogP contribution is 2.30. The Kier molecular flexibility index (Phi) is 6.57. The summed E-state index contributed by atoms with van der Waals surface area (Å²) in [6.07, 6.45) is 3.28. The van der Waals surface area contributed by atoms with Gasteiger partial charge < -0.3 is 14.8 Å². The van der Waals surface area contributed by atoms with Crippen LogP contribution in [0, 0.1) is 13.8 Å². The molecule has 0 fully saturated rings. The maximum atomic E-state index is 12.6. The molecule has 2 aromatic carbocycles. The third-order valence-electron chi connectivity index (χ3n) is 4.56. The van der Waals surface area contributed by atoms with E-state index in [4.69, 9.17) is 9.47 Å². The third kappa shape index (κ3) is 4.89. The van der Waals surface area contributed by atoms with E-state index in [9.17, 15) is 4.79 Å². The molecule has 30 heavy (non-hydrogen) atoms. The van der Waals surface area contributed by atoms with Gasteiger partial charge in [-0.05, 0) is 58.0 Å². The number of aryl methyl sites for hydroxylation is 1. The summed E-state index contributed by atoms with van der Waals surface area (Å²) in [7, 11) is 1.58. The summed E-state index contributed by atoms with van der Waals surface area (Å²) in [5, 5.41) is 7.49. The average molecular weight is 405 g/mol. The van der Waals surface area contributed by atoms with Gasteiger partial charge in [-0.2, -0.15) is 5.10 Å². The van der Waals surface area contributed by atoms with Crippen molar-refractivity contribution in [1.82, 2.24) is 9.78 Å². The van der Waals surface area contributed by atoms with Crippen LogP contribution in [0.2, 0.25) is 0 Å². The molecule has 3 rings (SSSR count). The summed E-state index contributed by atoms with van der Waals surface area (Å²) >= 11 is 0. The number of hydrogen-bond acceptors (Lipinski definition) is 4. The van der Waals surface area contributed by atoms with Gasteiger partial charge in [-0.3, -0.25) is 4.79 Å². The Morgan fingerprint density at radius 3 is 2.53 bits per heavy atom. The van der Waals surface area contributed by atoms with Crippen LogP contribution < -0.4 is 14.8 Å². The Balaban J connectivity index is 1.81. The number of benzene rings is 2. The minimum Gasteiger partial charge on any atom is -0.497 e. The first kappa shape index (κ1) is 21.2. The van der Waals surface area contributed by atoms with Gasteiger partial charge in [0.05, 0.1) is 30.3 Å². The van der Waals surface area contributed by atoms with E-state index in [2.05, 4.69) is 10.4 Å². The number of carbonyl (C=O) groups excluding carboxylic acids is 1. The molecular formula is C24H27N3O3. The molecule has 0 atom stereocenters. The van der Waals surface area contributed by atoms with Gasteiger partial charge in [-0.25, -0.2) is 4.68 Å². The number of aromatic nitrogens is 2. The van der Waals surface area contributed by atoms with Crippen molar-refractivity contribution in [1.29, 1.82) is 0 Å². The zero-order valence-electron chi connectivity index (χ0n) is 18.0. The monoisotopic (exact) mass is 405 g/mol. The summed E-state index contributed by atoms with van der Waals surface area (Å²) in [6.45, 7) is 7.79. The molecule has 0 unspecified atom stereocenters. The van der Waals surface area contributed by atoms with Crippen molar-refractivity contribution < 1.29 is 14.3 Å². The van der Waals surface area contributed by atoms with Gasteiger partial charge in [-0.15, -0.1) is 0 Å². The molecule has 6 nitrogen and oxygen atoms in total. The molecule has 6 heteroatoms. The quantitative estimate of drug-likeness (QED) is 0.566. The van der Waals surface area contributed by atoms with Crippen molar-refractivity contribution in [2.24, 2.45) is 0 Å². The number of anilines is 1. The number of ether oxygens (including phenoxy) is 2. The highest BCUT2D eigenvalue weighted by atomic mass is 16.5. The van der Waals surface area contributed by atoms with Gasteiger partial charge in [-0.1, -0.05) is 18.2 Å². The fourth-order valence-corrected chi connectivity index (χ4v) is 3.14. The molecule has 0 bridgehead atoms. The smallest absolute Gasteiger partial charge is 0.248 e. The van der Waals surface area contributed by atoms with E-state index >= 15 is 0 Å². The lowest BCUT2D eigenvalue weighted by molar-refractivity contribution is -0.111. The van der Waals surface area contributed by atoms with Crippen molar-refractivity contribution in [3.05, 3.63) is 71.6 Å². The first-order valence-corrected chi connectivity index (χ1v) is 9.84. The van der Waals surface area contributed by atoms with Crippen molar-refractivity contribution in [3.8, 4) is 17.2 Å². The first-order valence-electron chi connectivity index (χ1n) is 9.84. The van der Waals surface area contributed by atoms with Gasteiger partial charge in [0.2, 0.25) is 5.91 Å². The largest absolute Gasteiger partial charge is 0.497 e. The summed E-state index contributed by atoms with van der Waals surface area (Å²) in [5.74, 6) is 0.973. The average Bonchev–Trinajstić information content (AvgIpc) is 3.01. The van der Waals surface area contributed by atoms with Crippen LogP contribution in [0.3, 0.4) is 0 Å². The van der Waals surface area contributed by atoms with Gasteiger partial charge in [0, 0.05) is 23.4 Å². The fourth-order valence-electron chi connectivity index (χ4n) is 3.14. The lowest BCUT2D eigenvalue weighted by Crippen LogP contribution is -2.12. The molecule has 1 N–H and O–H groups in total. The van der Waals surface area contributed by atoms with E-state index in [1.165, 1.54) is 6.08 Å². The Morgan fingerprint density at radius 2 is 1.87 bits per heavy atom. The zero-order chi connectivity index (χ0) is 21.7. The Labute approximate surface area is 177 Å². The predicted molar refractivity (Wildman–Crippen MR) is 119 cm³/mol. The van der Waals surface area contributed by atoms with Gasteiger partial charge >= 0.3 is 0 Å². The molecule has 0 aliphatic carbocycles. The number of rotatable bonds is 7. The van der Waals surface area contributed by atoms with Crippen LogP contribution in [0.4, 0.5) is 5.69 Å². The third-order valence-corrected chi connectivity index (χ3v) is 4.56. The summed E-state index contributed by atoms with van der Waals surface area (Å²) < 4.78 is 12.9. The lowest BCUT2D eigenvalue weighted by atomic mass is 10.1. The maximum Gasteiger partial charge on any atom is 0.248 e. The lowest BCUT2D eigenvalue weighted by Gasteiger charge is -2.15. The molecule has 0 aliphatic rings. The highest BCUT2D eigenvalue weighted by Gasteiger charge is 2.12. The van der Waals surface area contributed by atoms with Crippen molar-refractivity contribution in [3.63, 3.8) is 0 Å². The second kappa shape index (κ2) is 9.31. The van der Waals surface area contributed by atoms with E-state index in [-0.39, 0.29) is 12.0 Å². The number of carbonyl (C=O) groups is 1. The van der Waals surface area contributed by atoms with Crippen molar-refractivity contribution >= 4 is 17.7 Å². The fraction of sp³-hybridized carbons (Fsp3) is 0.250.